The summed E-state index contributed by atoms with van der Waals surface area (Å²) >= 11 is 17.2. The molecule has 1 amide bonds. The molecule has 2 aromatic carbocycles. The molecular weight excluding hydrogens is 645 g/mol. The summed E-state index contributed by atoms with van der Waals surface area (Å²) < 4.78 is 135. The first-order valence-electron chi connectivity index (χ1n) is 11.0. The minimum Gasteiger partial charge on any atom is -0.341 e. The molecule has 0 aliphatic rings. The second-order valence-electron chi connectivity index (χ2n) is 8.48. The lowest BCUT2D eigenvalue weighted by Crippen LogP contribution is -2.49. The molecule has 41 heavy (non-hydrogen) atoms. The molecule has 0 fully saturated rings. The summed E-state index contributed by atoms with van der Waals surface area (Å²) in [4.78, 5) is 23.7. The van der Waals surface area contributed by atoms with Crippen LogP contribution in [0.1, 0.15) is 39.9 Å². The van der Waals surface area contributed by atoms with Gasteiger partial charge in [0.2, 0.25) is 0 Å². The van der Waals surface area contributed by atoms with E-state index in [1.165, 1.54) is 0 Å². The third-order valence-electron chi connectivity index (χ3n) is 5.49. The third kappa shape index (κ3) is 9.22. The maximum Gasteiger partial charge on any atom is 0.417 e. The van der Waals surface area contributed by atoms with Gasteiger partial charge in [-0.05, 0) is 42.8 Å². The smallest absolute Gasteiger partial charge is 0.341 e. The van der Waals surface area contributed by atoms with Crippen molar-refractivity contribution in [1.29, 1.82) is 0 Å². The Morgan fingerprint density at radius 1 is 0.927 bits per heavy atom. The van der Waals surface area contributed by atoms with Gasteiger partial charge in [0, 0.05) is 12.1 Å². The molecule has 2 N–H and O–H groups in total. The molecule has 0 saturated carbocycles. The quantitative estimate of drug-likeness (QED) is 0.162. The average molecular weight is 662 g/mol. The fraction of sp³-hybridized carbons (Fsp3) is 0.333. The lowest BCUT2D eigenvalue weighted by molar-refractivity contribution is -0.151. The Morgan fingerprint density at radius 2 is 1.49 bits per heavy atom. The van der Waals surface area contributed by atoms with Crippen LogP contribution in [0.2, 0.25) is 15.1 Å². The molecule has 0 radical (unpaired) electrons. The van der Waals surface area contributed by atoms with E-state index in [4.69, 9.17) is 34.8 Å². The van der Waals surface area contributed by atoms with Crippen LogP contribution in [0, 0.1) is 0 Å². The predicted molar refractivity (Wildman–Crippen MR) is 132 cm³/mol. The number of allylic oxidation sites excluding steroid dienone is 1. The molecule has 0 heterocycles. The van der Waals surface area contributed by atoms with Gasteiger partial charge in [0.25, 0.3) is 5.91 Å². The van der Waals surface area contributed by atoms with E-state index in [1.807, 2.05) is 10.6 Å². The molecule has 2 aromatic rings. The van der Waals surface area contributed by atoms with Gasteiger partial charge in [-0.3, -0.25) is 4.79 Å². The van der Waals surface area contributed by atoms with Crippen LogP contribution in [-0.2, 0) is 11.0 Å². The van der Waals surface area contributed by atoms with Crippen molar-refractivity contribution in [3.05, 3.63) is 73.7 Å². The summed E-state index contributed by atoms with van der Waals surface area (Å²) in [7, 11) is 0. The number of rotatable bonds is 9. The first kappa shape index (κ1) is 34.7. The fourth-order valence-electron chi connectivity index (χ4n) is 3.30. The van der Waals surface area contributed by atoms with E-state index in [0.717, 1.165) is 12.1 Å². The van der Waals surface area contributed by atoms with Gasteiger partial charge in [0.1, 0.15) is 24.1 Å². The molecule has 4 nitrogen and oxygen atoms in total. The van der Waals surface area contributed by atoms with Crippen LogP contribution >= 0.6 is 34.8 Å². The van der Waals surface area contributed by atoms with E-state index in [2.05, 4.69) is 0 Å². The van der Waals surface area contributed by atoms with Crippen LogP contribution in [0.5, 0.6) is 0 Å². The van der Waals surface area contributed by atoms with Crippen LogP contribution in [0.3, 0.4) is 0 Å². The number of hydrogen-bond donors (Lipinski definition) is 2. The van der Waals surface area contributed by atoms with E-state index < -0.39 is 87.1 Å². The molecule has 0 saturated heterocycles. The lowest BCUT2D eigenvalue weighted by atomic mass is 9.95. The minimum absolute atomic E-state index is 0.0232. The number of alkyl halides is 9. The number of amides is 1. The Kier molecular flexibility index (Phi) is 11.1. The molecule has 0 bridgehead atoms. The van der Waals surface area contributed by atoms with Gasteiger partial charge in [0.05, 0.1) is 32.2 Å². The first-order chi connectivity index (χ1) is 18.7. The summed E-state index contributed by atoms with van der Waals surface area (Å²) in [6.45, 7) is -0.101. The van der Waals surface area contributed by atoms with E-state index in [1.54, 1.807) is 0 Å². The number of carbonyl (C=O) groups is 2. The number of nitrogens with one attached hydrogen (secondary N) is 2. The highest BCUT2D eigenvalue weighted by molar-refractivity contribution is 6.48. The van der Waals surface area contributed by atoms with Crippen molar-refractivity contribution in [2.75, 3.05) is 6.54 Å². The lowest BCUT2D eigenvalue weighted by Gasteiger charge is -2.21. The molecule has 0 aromatic heterocycles. The van der Waals surface area contributed by atoms with Gasteiger partial charge in [-0.25, -0.2) is 4.39 Å². The standard InChI is InChI=1S/C24H17Cl3F10N2O2/c1-10(22(29,30)31)38-8-13(9-40)39-21(41)14-3-2-11(4-16(14)24(35,36)37)19(28)7-15(23(32,33)34)12-5-17(25)20(27)18(26)6-12/h2-7,9-10,13,15,38H,8H2,1H3,(H,39,41)/b19-7-. The van der Waals surface area contributed by atoms with Crippen LogP contribution in [0.15, 0.2) is 36.4 Å². The Morgan fingerprint density at radius 3 is 1.95 bits per heavy atom. The Bertz CT molecular complexity index is 1290. The highest BCUT2D eigenvalue weighted by atomic mass is 35.5. The van der Waals surface area contributed by atoms with Gasteiger partial charge in [-0.15, -0.1) is 0 Å². The Hall–Kier alpha value is -2.55. The molecule has 0 aliphatic heterocycles. The largest absolute Gasteiger partial charge is 0.417 e. The van der Waals surface area contributed by atoms with Crippen molar-refractivity contribution >= 4 is 52.8 Å². The highest BCUT2D eigenvalue weighted by Gasteiger charge is 2.41. The Labute approximate surface area is 240 Å². The summed E-state index contributed by atoms with van der Waals surface area (Å²) in [5, 5.41) is 2.61. The molecule has 226 valence electrons. The molecule has 0 spiro atoms. The van der Waals surface area contributed by atoms with Crippen LogP contribution in [0.25, 0.3) is 5.83 Å². The summed E-state index contributed by atoms with van der Waals surface area (Å²) in [5.74, 6) is -6.06. The van der Waals surface area contributed by atoms with E-state index >= 15 is 0 Å². The number of benzene rings is 2. The van der Waals surface area contributed by atoms with Crippen LogP contribution in [-0.4, -0.2) is 43.2 Å². The van der Waals surface area contributed by atoms with Gasteiger partial charge in [0.15, 0.2) is 0 Å². The molecule has 17 heteroatoms. The zero-order valence-electron chi connectivity index (χ0n) is 20.2. The molecule has 2 rings (SSSR count). The van der Waals surface area contributed by atoms with Gasteiger partial charge in [-0.1, -0.05) is 40.9 Å². The van der Waals surface area contributed by atoms with Crippen molar-refractivity contribution in [3.8, 4) is 0 Å². The number of aldehydes is 1. The van der Waals surface area contributed by atoms with Crippen LogP contribution in [0.4, 0.5) is 43.9 Å². The second-order valence-corrected chi connectivity index (χ2v) is 9.67. The molecule has 3 atom stereocenters. The van der Waals surface area contributed by atoms with E-state index in [9.17, 15) is 53.5 Å². The minimum atomic E-state index is -5.34. The zero-order chi connectivity index (χ0) is 31.5. The van der Waals surface area contributed by atoms with Crippen molar-refractivity contribution in [1.82, 2.24) is 10.6 Å². The van der Waals surface area contributed by atoms with Gasteiger partial charge in [-0.2, -0.15) is 39.5 Å². The fourth-order valence-corrected chi connectivity index (χ4v) is 3.91. The topological polar surface area (TPSA) is 58.2 Å². The first-order valence-corrected chi connectivity index (χ1v) is 12.2. The SMILES string of the molecule is CC(NCC(C=O)NC(=O)c1ccc(/C(F)=C/C(c2cc(Cl)c(Cl)c(Cl)c2)C(F)(F)F)cc1C(F)(F)F)C(F)(F)F. The Balaban J connectivity index is 2.45. The van der Waals surface area contributed by atoms with Gasteiger partial charge < -0.3 is 15.4 Å². The highest BCUT2D eigenvalue weighted by Crippen LogP contribution is 2.42. The van der Waals surface area contributed by atoms with Crippen LogP contribution < -0.4 is 10.6 Å². The normalized spacial score (nSPS) is 15.3. The van der Waals surface area contributed by atoms with Crippen molar-refractivity contribution in [2.24, 2.45) is 0 Å². The average Bonchev–Trinajstić information content (AvgIpc) is 2.85. The molecule has 0 aliphatic carbocycles. The maximum atomic E-state index is 15.0. The number of carbonyl (C=O) groups excluding carboxylic acids is 2. The maximum absolute atomic E-state index is 15.0. The molecule has 3 unspecified atom stereocenters. The monoisotopic (exact) mass is 660 g/mol. The second kappa shape index (κ2) is 13.2. The predicted octanol–water partition coefficient (Wildman–Crippen LogP) is 8.16. The van der Waals surface area contributed by atoms with E-state index in [-0.39, 0.29) is 23.5 Å². The number of hydrogen-bond acceptors (Lipinski definition) is 3. The molecular formula is C24H17Cl3F10N2O2. The zero-order valence-corrected chi connectivity index (χ0v) is 22.5. The van der Waals surface area contributed by atoms with E-state index in [0.29, 0.717) is 19.1 Å². The summed E-state index contributed by atoms with van der Waals surface area (Å²) in [6, 6.07) is -1.24. The van der Waals surface area contributed by atoms with Gasteiger partial charge >= 0.3 is 18.5 Å². The summed E-state index contributed by atoms with van der Waals surface area (Å²) in [5.41, 5.74) is -4.64. The number of halogens is 13. The van der Waals surface area contributed by atoms with Crippen molar-refractivity contribution < 1.29 is 53.5 Å². The summed E-state index contributed by atoms with van der Waals surface area (Å²) in [6.07, 6.45) is -15.3. The third-order valence-corrected chi connectivity index (χ3v) is 6.69. The van der Waals surface area contributed by atoms with Crippen molar-refractivity contribution in [2.45, 2.75) is 43.5 Å². The van der Waals surface area contributed by atoms with Crippen molar-refractivity contribution in [3.63, 3.8) is 0 Å².